The highest BCUT2D eigenvalue weighted by Gasteiger charge is 2.31. The summed E-state index contributed by atoms with van der Waals surface area (Å²) in [6.45, 7) is 0.663. The molecule has 7 heteroatoms. The highest BCUT2D eigenvalue weighted by Crippen LogP contribution is 2.20. The highest BCUT2D eigenvalue weighted by atomic mass is 35.5. The number of alkyl halides is 3. The quantitative estimate of drug-likeness (QED) is 0.891. The zero-order chi connectivity index (χ0) is 12.9. The molecule has 1 rings (SSSR count). The molecular weight excluding hydrogens is 269 g/mol. The summed E-state index contributed by atoms with van der Waals surface area (Å²) in [5.74, 6) is -1.06. The van der Waals surface area contributed by atoms with Crippen molar-refractivity contribution >= 4 is 24.0 Å². The lowest BCUT2D eigenvalue weighted by atomic mass is 10.2. The first-order chi connectivity index (χ1) is 7.90. The van der Waals surface area contributed by atoms with Gasteiger partial charge in [-0.1, -0.05) is 12.1 Å². The number of amides is 1. The van der Waals surface area contributed by atoms with Gasteiger partial charge < -0.3 is 10.6 Å². The molecular formula is C11H14ClF3N2O. The van der Waals surface area contributed by atoms with E-state index in [-0.39, 0.29) is 12.4 Å². The van der Waals surface area contributed by atoms with Crippen LogP contribution in [0, 0.1) is 0 Å². The minimum Gasteiger partial charge on any atom is -0.326 e. The molecule has 0 radical (unpaired) electrons. The largest absolute Gasteiger partial charge is 0.397 e. The van der Waals surface area contributed by atoms with Gasteiger partial charge in [0.1, 0.15) is 6.42 Å². The van der Waals surface area contributed by atoms with Crippen molar-refractivity contribution < 1.29 is 18.0 Å². The first-order valence-electron chi connectivity index (χ1n) is 5.01. The Balaban J connectivity index is 0.00000289. The second kappa shape index (κ2) is 7.23. The molecule has 2 N–H and O–H groups in total. The molecule has 0 saturated heterocycles. The molecule has 0 atom stereocenters. The lowest BCUT2D eigenvalue weighted by Gasteiger charge is -2.08. The minimum absolute atomic E-state index is 0. The van der Waals surface area contributed by atoms with Gasteiger partial charge in [-0.05, 0) is 24.7 Å². The number of nitrogens with one attached hydrogen (secondary N) is 2. The number of hydrogen-bond acceptors (Lipinski definition) is 2. The van der Waals surface area contributed by atoms with Crippen LogP contribution in [0.3, 0.4) is 0 Å². The molecule has 0 aliphatic heterocycles. The summed E-state index contributed by atoms with van der Waals surface area (Å²) < 4.78 is 35.7. The van der Waals surface area contributed by atoms with Crippen LogP contribution in [0.1, 0.15) is 12.0 Å². The van der Waals surface area contributed by atoms with Crippen molar-refractivity contribution in [1.29, 1.82) is 0 Å². The van der Waals surface area contributed by atoms with E-state index < -0.39 is 18.5 Å². The molecule has 0 fully saturated rings. The van der Waals surface area contributed by atoms with Crippen LogP contribution in [-0.2, 0) is 11.3 Å². The fraction of sp³-hybridized carbons (Fsp3) is 0.364. The second-order valence-corrected chi connectivity index (χ2v) is 3.57. The van der Waals surface area contributed by atoms with Crippen molar-refractivity contribution in [3.8, 4) is 0 Å². The van der Waals surface area contributed by atoms with Crippen LogP contribution in [0.2, 0.25) is 0 Å². The molecule has 1 amide bonds. The Kier molecular flexibility index (Phi) is 6.72. The van der Waals surface area contributed by atoms with Gasteiger partial charge in [-0.2, -0.15) is 13.2 Å². The van der Waals surface area contributed by atoms with Gasteiger partial charge in [-0.3, -0.25) is 4.79 Å². The summed E-state index contributed by atoms with van der Waals surface area (Å²) in [6.07, 6.45) is -5.94. The molecule has 18 heavy (non-hydrogen) atoms. The molecule has 0 heterocycles. The van der Waals surface area contributed by atoms with E-state index in [9.17, 15) is 18.0 Å². The molecule has 0 aliphatic rings. The van der Waals surface area contributed by atoms with Gasteiger partial charge in [0, 0.05) is 12.2 Å². The first kappa shape index (κ1) is 16.7. The number of rotatable bonds is 4. The van der Waals surface area contributed by atoms with E-state index in [0.29, 0.717) is 12.2 Å². The summed E-state index contributed by atoms with van der Waals surface area (Å²) in [5.41, 5.74) is 1.35. The van der Waals surface area contributed by atoms with Gasteiger partial charge in [-0.15, -0.1) is 12.4 Å². The average Bonchev–Trinajstić information content (AvgIpc) is 2.18. The molecule has 0 aromatic heterocycles. The van der Waals surface area contributed by atoms with Gasteiger partial charge in [0.25, 0.3) is 0 Å². The van der Waals surface area contributed by atoms with Crippen molar-refractivity contribution in [2.24, 2.45) is 0 Å². The van der Waals surface area contributed by atoms with Crippen LogP contribution in [0.25, 0.3) is 0 Å². The summed E-state index contributed by atoms with van der Waals surface area (Å²) in [5, 5.41) is 5.13. The summed E-state index contributed by atoms with van der Waals surface area (Å²) in [6, 6.07) is 6.61. The molecule has 0 saturated carbocycles. The molecule has 1 aromatic rings. The third-order valence-corrected chi connectivity index (χ3v) is 1.98. The van der Waals surface area contributed by atoms with Crippen molar-refractivity contribution in [3.05, 3.63) is 29.8 Å². The zero-order valence-corrected chi connectivity index (χ0v) is 10.5. The number of benzene rings is 1. The standard InChI is InChI=1S/C11H13F3N2O.ClH/c1-15-7-8-2-4-9(5-3-8)16-10(17)6-11(12,13)14;/h2-5,15H,6-7H2,1H3,(H,16,17);1H. The lowest BCUT2D eigenvalue weighted by molar-refractivity contribution is -0.150. The fourth-order valence-corrected chi connectivity index (χ4v) is 1.30. The number of hydrogen-bond donors (Lipinski definition) is 2. The number of carbonyl (C=O) groups is 1. The first-order valence-corrected chi connectivity index (χ1v) is 5.01. The third kappa shape index (κ3) is 6.46. The van der Waals surface area contributed by atoms with Crippen LogP contribution in [0.15, 0.2) is 24.3 Å². The summed E-state index contributed by atoms with van der Waals surface area (Å²) >= 11 is 0. The van der Waals surface area contributed by atoms with Crippen LogP contribution in [0.4, 0.5) is 18.9 Å². The van der Waals surface area contributed by atoms with Crippen molar-refractivity contribution in [2.45, 2.75) is 19.1 Å². The van der Waals surface area contributed by atoms with Crippen LogP contribution in [0.5, 0.6) is 0 Å². The Labute approximate surface area is 109 Å². The van der Waals surface area contributed by atoms with Crippen molar-refractivity contribution in [1.82, 2.24) is 5.32 Å². The Bertz CT molecular complexity index is 379. The fourth-order valence-electron chi connectivity index (χ4n) is 1.30. The summed E-state index contributed by atoms with van der Waals surface area (Å²) in [7, 11) is 1.79. The van der Waals surface area contributed by atoms with E-state index in [1.807, 2.05) is 0 Å². The maximum atomic E-state index is 11.9. The van der Waals surface area contributed by atoms with E-state index in [4.69, 9.17) is 0 Å². The Morgan fingerprint density at radius 2 is 1.78 bits per heavy atom. The molecule has 0 aliphatic carbocycles. The molecule has 3 nitrogen and oxygen atoms in total. The van der Waals surface area contributed by atoms with Gasteiger partial charge in [-0.25, -0.2) is 0 Å². The Morgan fingerprint density at radius 1 is 1.22 bits per heavy atom. The average molecular weight is 283 g/mol. The maximum Gasteiger partial charge on any atom is 0.397 e. The van der Waals surface area contributed by atoms with Crippen molar-refractivity contribution in [2.75, 3.05) is 12.4 Å². The van der Waals surface area contributed by atoms with Gasteiger partial charge in [0.05, 0.1) is 0 Å². The van der Waals surface area contributed by atoms with Crippen molar-refractivity contribution in [3.63, 3.8) is 0 Å². The van der Waals surface area contributed by atoms with Gasteiger partial charge >= 0.3 is 6.18 Å². The SMILES string of the molecule is CNCc1ccc(NC(=O)CC(F)(F)F)cc1.Cl. The van der Waals surface area contributed by atoms with E-state index in [2.05, 4.69) is 10.6 Å². The molecule has 0 unspecified atom stereocenters. The van der Waals surface area contributed by atoms with E-state index in [1.165, 1.54) is 0 Å². The van der Waals surface area contributed by atoms with E-state index in [0.717, 1.165) is 5.56 Å². The number of anilines is 1. The molecule has 102 valence electrons. The smallest absolute Gasteiger partial charge is 0.326 e. The van der Waals surface area contributed by atoms with Crippen LogP contribution >= 0.6 is 12.4 Å². The third-order valence-electron chi connectivity index (χ3n) is 1.98. The van der Waals surface area contributed by atoms with E-state index >= 15 is 0 Å². The number of carbonyl (C=O) groups excluding carboxylic acids is 1. The Hall–Kier alpha value is -1.27. The molecule has 1 aromatic carbocycles. The molecule has 0 spiro atoms. The zero-order valence-electron chi connectivity index (χ0n) is 9.67. The molecule has 0 bridgehead atoms. The highest BCUT2D eigenvalue weighted by molar-refractivity contribution is 5.91. The lowest BCUT2D eigenvalue weighted by Crippen LogP contribution is -2.21. The van der Waals surface area contributed by atoms with E-state index in [1.54, 1.807) is 31.3 Å². The Morgan fingerprint density at radius 3 is 2.22 bits per heavy atom. The monoisotopic (exact) mass is 282 g/mol. The second-order valence-electron chi connectivity index (χ2n) is 3.57. The maximum absolute atomic E-state index is 11.9. The predicted molar refractivity (Wildman–Crippen MR) is 65.8 cm³/mol. The summed E-state index contributed by atoms with van der Waals surface area (Å²) in [4.78, 5) is 11.0. The van der Waals surface area contributed by atoms with Crippen LogP contribution < -0.4 is 10.6 Å². The number of halogens is 4. The van der Waals surface area contributed by atoms with Gasteiger partial charge in [0.15, 0.2) is 0 Å². The van der Waals surface area contributed by atoms with Gasteiger partial charge in [0.2, 0.25) is 5.91 Å². The predicted octanol–water partition coefficient (Wildman–Crippen LogP) is 2.72. The normalized spacial score (nSPS) is 10.7. The topological polar surface area (TPSA) is 41.1 Å². The van der Waals surface area contributed by atoms with Crippen LogP contribution in [-0.4, -0.2) is 19.1 Å². The minimum atomic E-state index is -4.48.